The van der Waals surface area contributed by atoms with Crippen molar-refractivity contribution in [2.75, 3.05) is 19.8 Å². The van der Waals surface area contributed by atoms with Crippen LogP contribution in [0.1, 0.15) is 12.0 Å². The van der Waals surface area contributed by atoms with E-state index in [1.165, 1.54) is 11.6 Å². The molecule has 0 aliphatic carbocycles. The van der Waals surface area contributed by atoms with Crippen LogP contribution in [0.15, 0.2) is 43.0 Å². The molecule has 0 radical (unpaired) electrons. The molecule has 1 aromatic rings. The van der Waals surface area contributed by atoms with Crippen molar-refractivity contribution in [1.82, 2.24) is 5.32 Å². The molecule has 1 unspecified atom stereocenters. The number of hydrogen-bond donors (Lipinski definition) is 1. The van der Waals surface area contributed by atoms with E-state index in [9.17, 15) is 4.79 Å². The van der Waals surface area contributed by atoms with Gasteiger partial charge in [-0.15, -0.1) is 0 Å². The Labute approximate surface area is 101 Å². The summed E-state index contributed by atoms with van der Waals surface area (Å²) in [6.45, 7) is 5.47. The quantitative estimate of drug-likeness (QED) is 0.800. The van der Waals surface area contributed by atoms with Gasteiger partial charge in [0.1, 0.15) is 0 Å². The minimum Gasteiger partial charge on any atom is -0.380 e. The van der Waals surface area contributed by atoms with Crippen LogP contribution in [0, 0.1) is 0 Å². The fourth-order valence-corrected chi connectivity index (χ4v) is 2.20. The van der Waals surface area contributed by atoms with Gasteiger partial charge in [-0.3, -0.25) is 4.79 Å². The van der Waals surface area contributed by atoms with Gasteiger partial charge in [-0.1, -0.05) is 36.9 Å². The molecular formula is C14H17NO2. The smallest absolute Gasteiger partial charge is 0.243 e. The topological polar surface area (TPSA) is 38.3 Å². The molecule has 1 heterocycles. The van der Waals surface area contributed by atoms with Crippen LogP contribution in [-0.4, -0.2) is 25.7 Å². The van der Waals surface area contributed by atoms with Crippen molar-refractivity contribution in [3.8, 4) is 0 Å². The summed E-state index contributed by atoms with van der Waals surface area (Å²) in [5, 5.41) is 2.88. The summed E-state index contributed by atoms with van der Waals surface area (Å²) in [5.74, 6) is -0.132. The fraction of sp³-hybridized carbons (Fsp3) is 0.357. The maximum Gasteiger partial charge on any atom is 0.243 e. The summed E-state index contributed by atoms with van der Waals surface area (Å²) >= 11 is 0. The lowest BCUT2D eigenvalue weighted by atomic mass is 9.80. The van der Waals surface area contributed by atoms with Crippen LogP contribution >= 0.6 is 0 Å². The van der Waals surface area contributed by atoms with E-state index in [4.69, 9.17) is 4.74 Å². The average molecular weight is 231 g/mol. The standard InChI is InChI=1S/C14H17NO2/c1-2-13(16)15-10-14(8-9-17-11-14)12-6-4-3-5-7-12/h2-7H,1,8-11H2,(H,15,16). The summed E-state index contributed by atoms with van der Waals surface area (Å²) in [7, 11) is 0. The normalized spacial score (nSPS) is 23.3. The first-order valence-electron chi connectivity index (χ1n) is 5.80. The third-order valence-corrected chi connectivity index (χ3v) is 3.28. The first-order valence-corrected chi connectivity index (χ1v) is 5.80. The van der Waals surface area contributed by atoms with Gasteiger partial charge in [0.05, 0.1) is 6.61 Å². The number of nitrogens with one attached hydrogen (secondary N) is 1. The molecule has 3 heteroatoms. The number of benzene rings is 1. The number of carbonyl (C=O) groups excluding carboxylic acids is 1. The fourth-order valence-electron chi connectivity index (χ4n) is 2.20. The van der Waals surface area contributed by atoms with Gasteiger partial charge >= 0.3 is 0 Å². The molecule has 1 aliphatic rings. The second kappa shape index (κ2) is 5.15. The van der Waals surface area contributed by atoms with Gasteiger partial charge in [-0.2, -0.15) is 0 Å². The minimum absolute atomic E-state index is 0.0834. The average Bonchev–Trinajstić information content (AvgIpc) is 2.87. The van der Waals surface area contributed by atoms with E-state index >= 15 is 0 Å². The van der Waals surface area contributed by atoms with Crippen molar-refractivity contribution >= 4 is 5.91 Å². The van der Waals surface area contributed by atoms with E-state index < -0.39 is 0 Å². The number of hydrogen-bond acceptors (Lipinski definition) is 2. The molecular weight excluding hydrogens is 214 g/mol. The molecule has 3 nitrogen and oxygen atoms in total. The highest BCUT2D eigenvalue weighted by Gasteiger charge is 2.36. The SMILES string of the molecule is C=CC(=O)NCC1(c2ccccc2)CCOC1. The van der Waals surface area contributed by atoms with Crippen LogP contribution in [0.25, 0.3) is 0 Å². The Hall–Kier alpha value is -1.61. The van der Waals surface area contributed by atoms with Crippen LogP contribution in [0.5, 0.6) is 0 Å². The van der Waals surface area contributed by atoms with Gasteiger partial charge in [0, 0.05) is 18.6 Å². The Morgan fingerprint density at radius 1 is 1.47 bits per heavy atom. The number of carbonyl (C=O) groups is 1. The Morgan fingerprint density at radius 2 is 2.24 bits per heavy atom. The first kappa shape index (κ1) is 11.9. The highest BCUT2D eigenvalue weighted by molar-refractivity contribution is 5.86. The van der Waals surface area contributed by atoms with Crippen molar-refractivity contribution in [2.24, 2.45) is 0 Å². The van der Waals surface area contributed by atoms with Crippen LogP contribution in [0.4, 0.5) is 0 Å². The number of rotatable bonds is 4. The zero-order chi connectivity index (χ0) is 12.1. The van der Waals surface area contributed by atoms with E-state index in [0.717, 1.165) is 13.0 Å². The largest absolute Gasteiger partial charge is 0.380 e. The zero-order valence-corrected chi connectivity index (χ0v) is 9.82. The third-order valence-electron chi connectivity index (χ3n) is 3.28. The van der Waals surface area contributed by atoms with Crippen LogP contribution in [-0.2, 0) is 14.9 Å². The molecule has 90 valence electrons. The maximum atomic E-state index is 11.3. The molecule has 1 aliphatic heterocycles. The molecule has 17 heavy (non-hydrogen) atoms. The lowest BCUT2D eigenvalue weighted by molar-refractivity contribution is -0.116. The van der Waals surface area contributed by atoms with Gasteiger partial charge in [-0.25, -0.2) is 0 Å². The van der Waals surface area contributed by atoms with Crippen molar-refractivity contribution in [3.05, 3.63) is 48.6 Å². The molecule has 2 rings (SSSR count). The van der Waals surface area contributed by atoms with Crippen LogP contribution in [0.3, 0.4) is 0 Å². The molecule has 0 aromatic heterocycles. The molecule has 1 atom stereocenters. The van der Waals surface area contributed by atoms with Gasteiger partial charge in [0.15, 0.2) is 0 Å². The van der Waals surface area contributed by atoms with E-state index in [-0.39, 0.29) is 11.3 Å². The third kappa shape index (κ3) is 2.56. The monoisotopic (exact) mass is 231 g/mol. The van der Waals surface area contributed by atoms with Crippen molar-refractivity contribution in [2.45, 2.75) is 11.8 Å². The van der Waals surface area contributed by atoms with Crippen molar-refractivity contribution in [3.63, 3.8) is 0 Å². The maximum absolute atomic E-state index is 11.3. The second-order valence-corrected chi connectivity index (χ2v) is 4.37. The van der Waals surface area contributed by atoms with Crippen molar-refractivity contribution in [1.29, 1.82) is 0 Å². The molecule has 1 aromatic carbocycles. The number of amides is 1. The summed E-state index contributed by atoms with van der Waals surface area (Å²) in [5.41, 5.74) is 1.14. The first-order chi connectivity index (χ1) is 8.27. The molecule has 1 fully saturated rings. The molecule has 0 bridgehead atoms. The highest BCUT2D eigenvalue weighted by atomic mass is 16.5. The Balaban J connectivity index is 2.15. The Bertz CT molecular complexity index is 394. The van der Waals surface area contributed by atoms with E-state index in [1.54, 1.807) is 0 Å². The van der Waals surface area contributed by atoms with Crippen LogP contribution < -0.4 is 5.32 Å². The van der Waals surface area contributed by atoms with Gasteiger partial charge < -0.3 is 10.1 Å². The Kier molecular flexibility index (Phi) is 3.59. The summed E-state index contributed by atoms with van der Waals surface area (Å²) in [6.07, 6.45) is 2.24. The van der Waals surface area contributed by atoms with Crippen molar-refractivity contribution < 1.29 is 9.53 Å². The molecule has 1 saturated heterocycles. The molecule has 0 saturated carbocycles. The summed E-state index contributed by atoms with van der Waals surface area (Å²) in [4.78, 5) is 11.3. The van der Waals surface area contributed by atoms with Crippen LogP contribution in [0.2, 0.25) is 0 Å². The van der Waals surface area contributed by atoms with E-state index in [2.05, 4.69) is 24.0 Å². The molecule has 1 N–H and O–H groups in total. The second-order valence-electron chi connectivity index (χ2n) is 4.37. The summed E-state index contributed by atoms with van der Waals surface area (Å²) in [6, 6.07) is 10.2. The highest BCUT2D eigenvalue weighted by Crippen LogP contribution is 2.32. The van der Waals surface area contributed by atoms with Gasteiger partial charge in [-0.05, 0) is 18.1 Å². The van der Waals surface area contributed by atoms with E-state index in [0.29, 0.717) is 13.2 Å². The van der Waals surface area contributed by atoms with Gasteiger partial charge in [0.25, 0.3) is 0 Å². The molecule has 0 spiro atoms. The Morgan fingerprint density at radius 3 is 2.82 bits per heavy atom. The lowest BCUT2D eigenvalue weighted by Crippen LogP contribution is -2.40. The number of ether oxygens (including phenoxy) is 1. The lowest BCUT2D eigenvalue weighted by Gasteiger charge is -2.28. The van der Waals surface area contributed by atoms with Gasteiger partial charge in [0.2, 0.25) is 5.91 Å². The van der Waals surface area contributed by atoms with E-state index in [1.807, 2.05) is 18.2 Å². The predicted molar refractivity (Wildman–Crippen MR) is 66.8 cm³/mol. The predicted octanol–water partition coefficient (Wildman–Crippen LogP) is 1.65. The molecule has 1 amide bonds. The zero-order valence-electron chi connectivity index (χ0n) is 9.82. The summed E-state index contributed by atoms with van der Waals surface area (Å²) < 4.78 is 5.50. The minimum atomic E-state index is -0.132.